The maximum absolute atomic E-state index is 11.2. The van der Waals surface area contributed by atoms with Gasteiger partial charge in [-0.05, 0) is 97.8 Å². The van der Waals surface area contributed by atoms with Crippen LogP contribution in [0.15, 0.2) is 109 Å². The highest BCUT2D eigenvalue weighted by atomic mass is 16.3. The van der Waals surface area contributed by atoms with Crippen molar-refractivity contribution in [2.45, 2.75) is 13.8 Å². The van der Waals surface area contributed by atoms with Gasteiger partial charge in [0.25, 0.3) is 0 Å². The summed E-state index contributed by atoms with van der Waals surface area (Å²) < 4.78 is 0. The molecule has 4 heterocycles. The van der Waals surface area contributed by atoms with Gasteiger partial charge in [-0.15, -0.1) is 0 Å². The lowest BCUT2D eigenvalue weighted by Gasteiger charge is -2.13. The Morgan fingerprint density at radius 2 is 0.775 bits per heavy atom. The first-order chi connectivity index (χ1) is 19.5. The third kappa shape index (κ3) is 4.78. The van der Waals surface area contributed by atoms with Gasteiger partial charge < -0.3 is 10.2 Å². The van der Waals surface area contributed by atoms with Gasteiger partial charge in [0.15, 0.2) is 0 Å². The molecule has 6 heteroatoms. The highest BCUT2D eigenvalue weighted by Gasteiger charge is 2.17. The van der Waals surface area contributed by atoms with Crippen molar-refractivity contribution in [2.24, 2.45) is 0 Å². The summed E-state index contributed by atoms with van der Waals surface area (Å²) in [5.41, 5.74) is 8.45. The summed E-state index contributed by atoms with van der Waals surface area (Å²) in [7, 11) is 0. The molecule has 0 unspecified atom stereocenters. The number of aromatic nitrogens is 4. The van der Waals surface area contributed by atoms with Gasteiger partial charge in [0.1, 0.15) is 11.5 Å². The highest BCUT2D eigenvalue weighted by molar-refractivity contribution is 5.82. The van der Waals surface area contributed by atoms with Crippen LogP contribution in [-0.2, 0) is 0 Å². The Hall–Kier alpha value is -5.36. The van der Waals surface area contributed by atoms with Crippen molar-refractivity contribution in [1.29, 1.82) is 0 Å². The van der Waals surface area contributed by atoms with Crippen LogP contribution in [0, 0.1) is 13.8 Å². The Bertz CT molecular complexity index is 1700. The number of benzene rings is 2. The normalized spacial score (nSPS) is 10.9. The molecule has 6 nitrogen and oxygen atoms in total. The van der Waals surface area contributed by atoms with Crippen LogP contribution in [-0.4, -0.2) is 30.1 Å². The molecule has 0 aliphatic carbocycles. The van der Waals surface area contributed by atoms with Crippen molar-refractivity contribution in [2.75, 3.05) is 0 Å². The molecule has 2 aromatic carbocycles. The van der Waals surface area contributed by atoms with Crippen LogP contribution in [0.4, 0.5) is 0 Å². The number of hydrogen-bond acceptors (Lipinski definition) is 6. The molecule has 0 saturated heterocycles. The van der Waals surface area contributed by atoms with E-state index < -0.39 is 0 Å². The van der Waals surface area contributed by atoms with Crippen molar-refractivity contribution in [3.63, 3.8) is 0 Å². The first-order valence-electron chi connectivity index (χ1n) is 12.9. The minimum atomic E-state index is 0.127. The van der Waals surface area contributed by atoms with Crippen LogP contribution in [0.1, 0.15) is 11.1 Å². The molecule has 0 bridgehead atoms. The van der Waals surface area contributed by atoms with Gasteiger partial charge in [-0.25, -0.2) is 9.97 Å². The first kappa shape index (κ1) is 24.9. The number of aryl methyl sites for hydroxylation is 2. The monoisotopic (exact) mass is 522 g/mol. The van der Waals surface area contributed by atoms with E-state index in [2.05, 4.69) is 9.97 Å². The predicted molar refractivity (Wildman–Crippen MR) is 158 cm³/mol. The fourth-order valence-electron chi connectivity index (χ4n) is 4.84. The van der Waals surface area contributed by atoms with E-state index in [0.717, 1.165) is 11.1 Å². The molecule has 0 saturated carbocycles. The summed E-state index contributed by atoms with van der Waals surface area (Å²) >= 11 is 0. The highest BCUT2D eigenvalue weighted by Crippen LogP contribution is 2.40. The molecule has 0 fully saturated rings. The number of phenolic OH excluding ortho intramolecular Hbond substituents is 2. The summed E-state index contributed by atoms with van der Waals surface area (Å²) in [5.74, 6) is 0.254. The molecular formula is C34H26N4O2. The Morgan fingerprint density at radius 3 is 1.15 bits per heavy atom. The lowest BCUT2D eigenvalue weighted by atomic mass is 9.99. The summed E-state index contributed by atoms with van der Waals surface area (Å²) in [6.07, 6.45) is 3.42. The zero-order valence-electron chi connectivity index (χ0n) is 22.1. The molecule has 194 valence electrons. The molecule has 0 aliphatic rings. The summed E-state index contributed by atoms with van der Waals surface area (Å²) in [5, 5.41) is 22.4. The third-order valence-corrected chi connectivity index (χ3v) is 6.70. The van der Waals surface area contributed by atoms with Crippen molar-refractivity contribution in [3.8, 4) is 67.9 Å². The number of hydrogen-bond donors (Lipinski definition) is 2. The van der Waals surface area contributed by atoms with Crippen molar-refractivity contribution in [1.82, 2.24) is 19.9 Å². The number of phenols is 2. The molecule has 0 atom stereocenters. The van der Waals surface area contributed by atoms with Crippen LogP contribution in [0.5, 0.6) is 11.5 Å². The van der Waals surface area contributed by atoms with Crippen LogP contribution < -0.4 is 0 Å². The second-order valence-corrected chi connectivity index (χ2v) is 9.66. The molecule has 4 aromatic heterocycles. The molecule has 0 spiro atoms. The van der Waals surface area contributed by atoms with Crippen LogP contribution in [0.25, 0.3) is 56.4 Å². The van der Waals surface area contributed by atoms with E-state index in [4.69, 9.17) is 9.97 Å². The molecule has 2 N–H and O–H groups in total. The molecule has 40 heavy (non-hydrogen) atoms. The predicted octanol–water partition coefficient (Wildman–Crippen LogP) is 7.63. The van der Waals surface area contributed by atoms with Gasteiger partial charge in [-0.1, -0.05) is 24.3 Å². The van der Waals surface area contributed by atoms with Gasteiger partial charge in [0.05, 0.1) is 34.2 Å². The molecule has 0 aliphatic heterocycles. The minimum absolute atomic E-state index is 0.127. The van der Waals surface area contributed by atoms with E-state index in [1.54, 1.807) is 12.4 Å². The average molecular weight is 523 g/mol. The van der Waals surface area contributed by atoms with Crippen molar-refractivity contribution >= 4 is 0 Å². The summed E-state index contributed by atoms with van der Waals surface area (Å²) in [6.45, 7) is 3.97. The fraction of sp³-hybridized carbons (Fsp3) is 0.0588. The number of nitrogens with zero attached hydrogens (tertiary/aromatic N) is 4. The average Bonchev–Trinajstić information content (AvgIpc) is 3.00. The van der Waals surface area contributed by atoms with Crippen molar-refractivity contribution in [3.05, 3.63) is 121 Å². The lowest BCUT2D eigenvalue weighted by molar-refractivity contribution is 0.478. The summed E-state index contributed by atoms with van der Waals surface area (Å²) in [4.78, 5) is 18.6. The zero-order valence-corrected chi connectivity index (χ0v) is 22.1. The Labute approximate surface area is 232 Å². The van der Waals surface area contributed by atoms with E-state index in [0.29, 0.717) is 56.4 Å². The Kier molecular flexibility index (Phi) is 6.50. The van der Waals surface area contributed by atoms with E-state index in [1.165, 1.54) is 0 Å². The summed E-state index contributed by atoms with van der Waals surface area (Å²) in [6, 6.07) is 30.2. The van der Waals surface area contributed by atoms with Crippen LogP contribution >= 0.6 is 0 Å². The molecule has 0 radical (unpaired) electrons. The fourth-order valence-corrected chi connectivity index (χ4v) is 4.84. The van der Waals surface area contributed by atoms with E-state index >= 15 is 0 Å². The molecular weight excluding hydrogens is 496 g/mol. The number of aromatic hydroxyl groups is 2. The molecule has 6 rings (SSSR count). The first-order valence-corrected chi connectivity index (χ1v) is 12.9. The number of pyridine rings is 4. The minimum Gasteiger partial charge on any atom is -0.507 e. The lowest BCUT2D eigenvalue weighted by Crippen LogP contribution is -1.95. The van der Waals surface area contributed by atoms with Gasteiger partial charge in [-0.3, -0.25) is 9.97 Å². The maximum atomic E-state index is 11.2. The van der Waals surface area contributed by atoms with Crippen LogP contribution in [0.3, 0.4) is 0 Å². The zero-order chi connectivity index (χ0) is 27.6. The Morgan fingerprint density at radius 1 is 0.425 bits per heavy atom. The third-order valence-electron chi connectivity index (χ3n) is 6.70. The maximum Gasteiger partial charge on any atom is 0.134 e. The van der Waals surface area contributed by atoms with Gasteiger partial charge in [0.2, 0.25) is 0 Å². The van der Waals surface area contributed by atoms with Crippen LogP contribution in [0.2, 0.25) is 0 Å². The molecule has 0 amide bonds. The number of rotatable bonds is 5. The van der Waals surface area contributed by atoms with Gasteiger partial charge in [0, 0.05) is 34.6 Å². The van der Waals surface area contributed by atoms with Crippen molar-refractivity contribution < 1.29 is 10.2 Å². The van der Waals surface area contributed by atoms with Gasteiger partial charge in [-0.2, -0.15) is 0 Å². The van der Waals surface area contributed by atoms with E-state index in [9.17, 15) is 10.2 Å². The van der Waals surface area contributed by atoms with E-state index in [-0.39, 0.29) is 11.5 Å². The quantitative estimate of drug-likeness (QED) is 0.242. The standard InChI is InChI=1S/C34H26N4O2/c1-21-17-23(27-9-3-5-15-35-27)33(39)25(19-21)29-11-7-13-31(37-29)32-14-8-12-30(38-32)26-20-22(2)18-24(34(26)40)28-10-4-6-16-36-28/h3-20,39-40H,1-2H3. The largest absolute Gasteiger partial charge is 0.507 e. The smallest absolute Gasteiger partial charge is 0.134 e. The van der Waals surface area contributed by atoms with Gasteiger partial charge >= 0.3 is 0 Å². The topological polar surface area (TPSA) is 92.0 Å². The van der Waals surface area contributed by atoms with E-state index in [1.807, 2.05) is 111 Å². The molecule has 6 aromatic rings. The Balaban J connectivity index is 1.42. The second kappa shape index (κ2) is 10.4. The SMILES string of the molecule is Cc1cc(-c2ccccn2)c(O)c(-c2cccc(-c3cccc(-c4cc(C)cc(-c5ccccn5)c4O)n3)n2)c1. The second-order valence-electron chi connectivity index (χ2n) is 9.66.